The lowest BCUT2D eigenvalue weighted by Gasteiger charge is -2.29. The molecule has 3 aromatic rings. The largest absolute Gasteiger partial charge is 0.378 e. The fraction of sp³-hybridized carbons (Fsp3) is 0.346. The van der Waals surface area contributed by atoms with Gasteiger partial charge in [0.05, 0.1) is 19.8 Å². The Labute approximate surface area is 201 Å². The first-order valence-corrected chi connectivity index (χ1v) is 11.5. The Morgan fingerprint density at radius 1 is 0.971 bits per heavy atom. The SMILES string of the molecule is CN(Cc1cccc(-c2cnc(N(C)Cc3ccc(N4CCOCC4)cc3)nc2)c1)C(=O)CN. The zero-order chi connectivity index (χ0) is 23.9. The second-order valence-corrected chi connectivity index (χ2v) is 8.55. The van der Waals surface area contributed by atoms with Gasteiger partial charge in [-0.3, -0.25) is 4.79 Å². The Hall–Kier alpha value is -3.49. The smallest absolute Gasteiger partial charge is 0.236 e. The van der Waals surface area contributed by atoms with Gasteiger partial charge in [0.1, 0.15) is 0 Å². The summed E-state index contributed by atoms with van der Waals surface area (Å²) in [6, 6.07) is 16.7. The van der Waals surface area contributed by atoms with E-state index in [1.54, 1.807) is 11.9 Å². The molecule has 1 aliphatic heterocycles. The molecular weight excluding hydrogens is 428 g/mol. The van der Waals surface area contributed by atoms with Gasteiger partial charge >= 0.3 is 0 Å². The summed E-state index contributed by atoms with van der Waals surface area (Å²) >= 11 is 0. The van der Waals surface area contributed by atoms with E-state index in [0.29, 0.717) is 12.5 Å². The summed E-state index contributed by atoms with van der Waals surface area (Å²) in [7, 11) is 3.75. The number of nitrogens with zero attached hydrogens (tertiary/aromatic N) is 5. The van der Waals surface area contributed by atoms with Crippen molar-refractivity contribution < 1.29 is 9.53 Å². The number of carbonyl (C=O) groups is 1. The van der Waals surface area contributed by atoms with Crippen molar-refractivity contribution in [2.45, 2.75) is 13.1 Å². The second-order valence-electron chi connectivity index (χ2n) is 8.55. The van der Waals surface area contributed by atoms with Crippen LogP contribution in [0.15, 0.2) is 60.9 Å². The number of aromatic nitrogens is 2. The average Bonchev–Trinajstić information content (AvgIpc) is 2.89. The lowest BCUT2D eigenvalue weighted by molar-refractivity contribution is -0.128. The molecule has 0 radical (unpaired) electrons. The Balaban J connectivity index is 1.38. The third-order valence-electron chi connectivity index (χ3n) is 5.99. The minimum absolute atomic E-state index is 0.0109. The quantitative estimate of drug-likeness (QED) is 0.553. The molecule has 4 rings (SSSR count). The molecule has 8 heteroatoms. The van der Waals surface area contributed by atoms with Crippen LogP contribution in [0.25, 0.3) is 11.1 Å². The molecule has 0 atom stereocenters. The number of nitrogens with two attached hydrogens (primary N) is 1. The molecular formula is C26H32N6O2. The van der Waals surface area contributed by atoms with Gasteiger partial charge in [0.2, 0.25) is 11.9 Å². The van der Waals surface area contributed by atoms with Crippen molar-refractivity contribution in [1.29, 1.82) is 0 Å². The highest BCUT2D eigenvalue weighted by molar-refractivity contribution is 5.77. The fourth-order valence-corrected chi connectivity index (χ4v) is 4.01. The van der Waals surface area contributed by atoms with Gasteiger partial charge in [-0.25, -0.2) is 9.97 Å². The zero-order valence-electron chi connectivity index (χ0n) is 19.9. The Morgan fingerprint density at radius 2 is 1.68 bits per heavy atom. The third kappa shape index (κ3) is 5.89. The molecule has 0 bridgehead atoms. The molecule has 1 fully saturated rings. The summed E-state index contributed by atoms with van der Waals surface area (Å²) in [5.41, 5.74) is 10.9. The zero-order valence-corrected chi connectivity index (χ0v) is 19.9. The van der Waals surface area contributed by atoms with Crippen molar-refractivity contribution in [3.8, 4) is 11.1 Å². The number of likely N-dealkylation sites (N-methyl/N-ethyl adjacent to an activating group) is 1. The van der Waals surface area contributed by atoms with Gasteiger partial charge in [-0.15, -0.1) is 0 Å². The van der Waals surface area contributed by atoms with Gasteiger partial charge in [-0.05, 0) is 34.9 Å². The van der Waals surface area contributed by atoms with E-state index < -0.39 is 0 Å². The van der Waals surface area contributed by atoms with Crippen molar-refractivity contribution in [3.05, 3.63) is 72.1 Å². The van der Waals surface area contributed by atoms with Crippen LogP contribution in [0.1, 0.15) is 11.1 Å². The minimum Gasteiger partial charge on any atom is -0.378 e. The molecule has 2 heterocycles. The molecule has 2 N–H and O–H groups in total. The van der Waals surface area contributed by atoms with E-state index in [0.717, 1.165) is 49.5 Å². The van der Waals surface area contributed by atoms with Crippen molar-refractivity contribution in [1.82, 2.24) is 14.9 Å². The number of carbonyl (C=O) groups excluding carboxylic acids is 1. The van der Waals surface area contributed by atoms with Crippen molar-refractivity contribution in [3.63, 3.8) is 0 Å². The highest BCUT2D eigenvalue weighted by Crippen LogP contribution is 2.22. The van der Waals surface area contributed by atoms with E-state index >= 15 is 0 Å². The first-order chi connectivity index (χ1) is 16.5. The summed E-state index contributed by atoms with van der Waals surface area (Å²) in [5.74, 6) is 0.585. The van der Waals surface area contributed by atoms with Gasteiger partial charge in [-0.2, -0.15) is 0 Å². The van der Waals surface area contributed by atoms with Gasteiger partial charge in [0, 0.05) is 63.9 Å². The van der Waals surface area contributed by atoms with Crippen LogP contribution in [0.5, 0.6) is 0 Å². The van der Waals surface area contributed by atoms with E-state index in [4.69, 9.17) is 10.5 Å². The standard InChI is InChI=1S/C26H32N6O2/c1-30(25(33)15-27)19-21-4-3-5-22(14-21)23-16-28-26(29-17-23)31(2)18-20-6-8-24(9-7-20)32-10-12-34-13-11-32/h3-9,14,16-17H,10-13,15,18-19,27H2,1-2H3. The lowest BCUT2D eigenvalue weighted by Crippen LogP contribution is -2.36. The number of anilines is 2. The number of hydrogen-bond donors (Lipinski definition) is 1. The van der Waals surface area contributed by atoms with Gasteiger partial charge in [0.15, 0.2) is 0 Å². The summed E-state index contributed by atoms with van der Waals surface area (Å²) in [5, 5.41) is 0. The first kappa shape index (κ1) is 23.7. The van der Waals surface area contributed by atoms with Crippen molar-refractivity contribution in [2.24, 2.45) is 5.73 Å². The van der Waals surface area contributed by atoms with E-state index in [1.165, 1.54) is 11.3 Å². The predicted octanol–water partition coefficient (Wildman–Crippen LogP) is 2.53. The summed E-state index contributed by atoms with van der Waals surface area (Å²) in [4.78, 5) is 26.9. The molecule has 0 saturated carbocycles. The van der Waals surface area contributed by atoms with E-state index in [-0.39, 0.29) is 12.5 Å². The van der Waals surface area contributed by atoms with Crippen LogP contribution >= 0.6 is 0 Å². The van der Waals surface area contributed by atoms with Gasteiger partial charge in [-0.1, -0.05) is 30.3 Å². The maximum atomic E-state index is 11.8. The Morgan fingerprint density at radius 3 is 2.35 bits per heavy atom. The molecule has 2 aromatic carbocycles. The first-order valence-electron chi connectivity index (χ1n) is 11.5. The van der Waals surface area contributed by atoms with Crippen LogP contribution in [0.4, 0.5) is 11.6 Å². The summed E-state index contributed by atoms with van der Waals surface area (Å²) in [6.07, 6.45) is 3.68. The Bertz CT molecular complexity index is 1080. The van der Waals surface area contributed by atoms with E-state index in [1.807, 2.05) is 42.5 Å². The monoisotopic (exact) mass is 460 g/mol. The fourth-order valence-electron chi connectivity index (χ4n) is 4.01. The molecule has 1 saturated heterocycles. The highest BCUT2D eigenvalue weighted by Gasteiger charge is 2.12. The van der Waals surface area contributed by atoms with Crippen LogP contribution in [-0.4, -0.2) is 67.7 Å². The molecule has 0 aliphatic carbocycles. The van der Waals surface area contributed by atoms with E-state index in [2.05, 4.69) is 45.2 Å². The molecule has 8 nitrogen and oxygen atoms in total. The third-order valence-corrected chi connectivity index (χ3v) is 5.99. The summed E-state index contributed by atoms with van der Waals surface area (Å²) < 4.78 is 5.44. The number of hydrogen-bond acceptors (Lipinski definition) is 7. The number of morpholine rings is 1. The highest BCUT2D eigenvalue weighted by atomic mass is 16.5. The van der Waals surface area contributed by atoms with Crippen molar-refractivity contribution >= 4 is 17.5 Å². The van der Waals surface area contributed by atoms with Crippen molar-refractivity contribution in [2.75, 3.05) is 56.7 Å². The molecule has 178 valence electrons. The minimum atomic E-state index is -0.0862. The summed E-state index contributed by atoms with van der Waals surface area (Å²) in [6.45, 7) is 4.68. The topological polar surface area (TPSA) is 87.8 Å². The number of ether oxygens (including phenoxy) is 1. The predicted molar refractivity (Wildman–Crippen MR) is 135 cm³/mol. The number of benzene rings is 2. The van der Waals surface area contributed by atoms with Crippen LogP contribution in [-0.2, 0) is 22.6 Å². The molecule has 1 aromatic heterocycles. The number of amides is 1. The molecule has 1 amide bonds. The maximum absolute atomic E-state index is 11.8. The average molecular weight is 461 g/mol. The molecule has 1 aliphatic rings. The lowest BCUT2D eigenvalue weighted by atomic mass is 10.1. The van der Waals surface area contributed by atoms with Gasteiger partial charge in [0.25, 0.3) is 0 Å². The van der Waals surface area contributed by atoms with Crippen LogP contribution in [0.3, 0.4) is 0 Å². The normalized spacial score (nSPS) is 13.6. The van der Waals surface area contributed by atoms with Crippen LogP contribution < -0.4 is 15.5 Å². The molecule has 0 spiro atoms. The van der Waals surface area contributed by atoms with Crippen LogP contribution in [0, 0.1) is 0 Å². The molecule has 0 unspecified atom stereocenters. The van der Waals surface area contributed by atoms with Gasteiger partial charge < -0.3 is 25.2 Å². The van der Waals surface area contributed by atoms with E-state index in [9.17, 15) is 4.79 Å². The second kappa shape index (κ2) is 11.1. The van der Waals surface area contributed by atoms with Crippen LogP contribution in [0.2, 0.25) is 0 Å². The molecule has 34 heavy (non-hydrogen) atoms. The Kier molecular flexibility index (Phi) is 7.72. The number of rotatable bonds is 8. The maximum Gasteiger partial charge on any atom is 0.236 e.